The van der Waals surface area contributed by atoms with Gasteiger partial charge in [0.2, 0.25) is 11.8 Å². The Balaban J connectivity index is 1.30. The van der Waals surface area contributed by atoms with Crippen molar-refractivity contribution in [3.05, 3.63) is 29.3 Å². The highest BCUT2D eigenvalue weighted by atomic mass is 16.5. The number of hydrogen-bond donors (Lipinski definition) is 4. The van der Waals surface area contributed by atoms with Gasteiger partial charge in [-0.25, -0.2) is 4.79 Å². The van der Waals surface area contributed by atoms with Crippen LogP contribution in [0.5, 0.6) is 0 Å². The largest absolute Gasteiger partial charge is 0.382 e. The van der Waals surface area contributed by atoms with Gasteiger partial charge in [0.25, 0.3) is 11.8 Å². The van der Waals surface area contributed by atoms with Crippen LogP contribution in [0.4, 0.5) is 10.5 Å². The maximum atomic E-state index is 13.1. The Hall–Kier alpha value is -3.51. The van der Waals surface area contributed by atoms with E-state index in [1.54, 1.807) is 23.1 Å². The number of rotatable bonds is 8. The lowest BCUT2D eigenvalue weighted by Gasteiger charge is -2.34. The molecule has 2 unspecified atom stereocenters. The monoisotopic (exact) mass is 472 g/mol. The molecule has 0 radical (unpaired) electrons. The first-order chi connectivity index (χ1) is 16.4. The summed E-state index contributed by atoms with van der Waals surface area (Å²) in [4.78, 5) is 63.7. The molecule has 0 spiro atoms. The lowest BCUT2D eigenvalue weighted by atomic mass is 10.0. The van der Waals surface area contributed by atoms with Crippen molar-refractivity contribution in [2.45, 2.75) is 31.3 Å². The van der Waals surface area contributed by atoms with Crippen molar-refractivity contribution in [1.29, 1.82) is 0 Å². The third-order valence-electron chi connectivity index (χ3n) is 6.26. The molecule has 0 saturated carbocycles. The van der Waals surface area contributed by atoms with E-state index in [9.17, 15) is 24.0 Å². The molecule has 2 atom stereocenters. The zero-order valence-electron chi connectivity index (χ0n) is 18.7. The van der Waals surface area contributed by atoms with E-state index >= 15 is 0 Å². The number of nitrogens with zero attached hydrogens (tertiary/aromatic N) is 2. The molecule has 4 rings (SSSR count). The zero-order valence-corrected chi connectivity index (χ0v) is 18.7. The highest BCUT2D eigenvalue weighted by molar-refractivity contribution is 6.25. The van der Waals surface area contributed by atoms with Crippen LogP contribution in [0.1, 0.15) is 40.0 Å². The summed E-state index contributed by atoms with van der Waals surface area (Å²) in [6.07, 6.45) is 0.821. The highest BCUT2D eigenvalue weighted by Gasteiger charge is 2.45. The number of carbonyl (C=O) groups excluding carboxylic acids is 5. The second-order valence-corrected chi connectivity index (χ2v) is 8.39. The van der Waals surface area contributed by atoms with Crippen molar-refractivity contribution in [1.82, 2.24) is 20.4 Å². The number of imide groups is 2. The van der Waals surface area contributed by atoms with Crippen LogP contribution < -0.4 is 21.7 Å². The number of hydrogen-bond acceptors (Lipinski definition) is 8. The molecule has 0 bridgehead atoms. The molecular weight excluding hydrogens is 444 g/mol. The van der Waals surface area contributed by atoms with Crippen LogP contribution in [0.3, 0.4) is 0 Å². The van der Waals surface area contributed by atoms with Crippen LogP contribution in [0.15, 0.2) is 18.2 Å². The van der Waals surface area contributed by atoms with Gasteiger partial charge < -0.3 is 26.0 Å². The van der Waals surface area contributed by atoms with Gasteiger partial charge in [-0.15, -0.1) is 0 Å². The molecular formula is C22H28N6O6. The molecule has 5 N–H and O–H groups in total. The summed E-state index contributed by atoms with van der Waals surface area (Å²) in [5.74, 6) is -2.16. The van der Waals surface area contributed by atoms with Gasteiger partial charge in [-0.1, -0.05) is 6.07 Å². The quantitative estimate of drug-likeness (QED) is 0.284. The van der Waals surface area contributed by atoms with E-state index < -0.39 is 35.7 Å². The summed E-state index contributed by atoms with van der Waals surface area (Å²) in [5, 5.41) is 8.55. The minimum absolute atomic E-state index is 0.0153. The van der Waals surface area contributed by atoms with Crippen molar-refractivity contribution in [2.24, 2.45) is 5.73 Å². The van der Waals surface area contributed by atoms with E-state index in [4.69, 9.17) is 10.5 Å². The van der Waals surface area contributed by atoms with Gasteiger partial charge in [-0.05, 0) is 25.0 Å². The van der Waals surface area contributed by atoms with Crippen LogP contribution in [0.2, 0.25) is 0 Å². The smallest absolute Gasteiger partial charge is 0.315 e. The lowest BCUT2D eigenvalue weighted by Crippen LogP contribution is -2.55. The average Bonchev–Trinajstić information content (AvgIpc) is 3.07. The Morgan fingerprint density at radius 2 is 2.00 bits per heavy atom. The van der Waals surface area contributed by atoms with E-state index in [1.807, 2.05) is 0 Å². The fraction of sp³-hybridized carbons (Fsp3) is 0.500. The Kier molecular flexibility index (Phi) is 7.08. The summed E-state index contributed by atoms with van der Waals surface area (Å²) < 4.78 is 5.68. The first-order valence-electron chi connectivity index (χ1n) is 11.3. The number of ether oxygens (including phenoxy) is 1. The van der Waals surface area contributed by atoms with Gasteiger partial charge in [0.05, 0.1) is 17.7 Å². The van der Waals surface area contributed by atoms with Crippen LogP contribution in [0.25, 0.3) is 0 Å². The van der Waals surface area contributed by atoms with Crippen molar-refractivity contribution >= 4 is 35.3 Å². The highest BCUT2D eigenvalue weighted by Crippen LogP contribution is 2.32. The molecule has 2 fully saturated rings. The maximum Gasteiger partial charge on any atom is 0.315 e. The minimum Gasteiger partial charge on any atom is -0.382 e. The number of urea groups is 1. The van der Waals surface area contributed by atoms with Crippen LogP contribution >= 0.6 is 0 Å². The second kappa shape index (κ2) is 10.2. The summed E-state index contributed by atoms with van der Waals surface area (Å²) in [5.41, 5.74) is 6.33. The molecule has 3 heterocycles. The van der Waals surface area contributed by atoms with Crippen molar-refractivity contribution < 1.29 is 28.7 Å². The Bertz CT molecular complexity index is 1010. The predicted octanol–water partition coefficient (Wildman–Crippen LogP) is -0.741. The second-order valence-electron chi connectivity index (χ2n) is 8.39. The van der Waals surface area contributed by atoms with Crippen LogP contribution in [-0.4, -0.2) is 90.9 Å². The third kappa shape index (κ3) is 4.73. The number of anilines is 1. The minimum atomic E-state index is -1.00. The fourth-order valence-electron chi connectivity index (χ4n) is 4.55. The van der Waals surface area contributed by atoms with E-state index in [2.05, 4.69) is 16.0 Å². The normalized spacial score (nSPS) is 22.6. The van der Waals surface area contributed by atoms with Crippen molar-refractivity contribution in [3.63, 3.8) is 0 Å². The molecule has 0 aliphatic carbocycles. The number of nitrogens with two attached hydrogens (primary N) is 1. The molecule has 6 amide bonds. The molecule has 2 saturated heterocycles. The standard InChI is InChI=1S/C22H28N6O6/c23-22(33)27-9-7-24-12-13(27)6-10-34-11-8-25-15-3-1-2-14-18(15)21(32)28(20(14)31)16-4-5-17(29)26-19(16)30/h1-3,13,16,24-25H,4-12H2,(H2,23,33)(H,26,29,30). The van der Waals surface area contributed by atoms with E-state index in [1.165, 1.54) is 0 Å². The number of amides is 6. The summed E-state index contributed by atoms with van der Waals surface area (Å²) in [6, 6.07) is 3.45. The molecule has 0 aromatic heterocycles. The number of piperidine rings is 1. The Morgan fingerprint density at radius 3 is 2.76 bits per heavy atom. The molecule has 1 aromatic carbocycles. The maximum absolute atomic E-state index is 13.1. The molecule has 12 nitrogen and oxygen atoms in total. The van der Waals surface area contributed by atoms with E-state index in [0.29, 0.717) is 51.5 Å². The number of fused-ring (bicyclic) bond motifs is 1. The number of carbonyl (C=O) groups is 5. The molecule has 12 heteroatoms. The first kappa shape index (κ1) is 23.6. The van der Waals surface area contributed by atoms with Crippen molar-refractivity contribution in [3.8, 4) is 0 Å². The van der Waals surface area contributed by atoms with Gasteiger partial charge in [0, 0.05) is 50.9 Å². The molecule has 182 valence electrons. The molecule has 3 aliphatic heterocycles. The molecule has 1 aromatic rings. The fourth-order valence-corrected chi connectivity index (χ4v) is 4.55. The number of benzene rings is 1. The summed E-state index contributed by atoms with van der Waals surface area (Å²) in [6.45, 7) is 3.13. The first-order valence-corrected chi connectivity index (χ1v) is 11.3. The summed E-state index contributed by atoms with van der Waals surface area (Å²) >= 11 is 0. The molecule has 34 heavy (non-hydrogen) atoms. The number of nitrogens with one attached hydrogen (secondary N) is 3. The number of piperazine rings is 1. The summed E-state index contributed by atoms with van der Waals surface area (Å²) in [7, 11) is 0. The lowest BCUT2D eigenvalue weighted by molar-refractivity contribution is -0.136. The topological polar surface area (TPSA) is 163 Å². The van der Waals surface area contributed by atoms with Crippen molar-refractivity contribution in [2.75, 3.05) is 44.7 Å². The van der Waals surface area contributed by atoms with Gasteiger partial charge in [0.1, 0.15) is 6.04 Å². The Morgan fingerprint density at radius 1 is 1.18 bits per heavy atom. The average molecular weight is 473 g/mol. The predicted molar refractivity (Wildman–Crippen MR) is 120 cm³/mol. The third-order valence-corrected chi connectivity index (χ3v) is 6.26. The number of primary amides is 1. The Labute approximate surface area is 196 Å². The van der Waals surface area contributed by atoms with Crippen LogP contribution in [0, 0.1) is 0 Å². The van der Waals surface area contributed by atoms with Gasteiger partial charge in [-0.3, -0.25) is 29.4 Å². The SMILES string of the molecule is NC(=O)N1CCNCC1CCOCCNc1cccc2c1C(=O)N(C1CCC(=O)NC1=O)C2=O. The molecule has 3 aliphatic rings. The van der Waals surface area contributed by atoms with Crippen LogP contribution in [-0.2, 0) is 14.3 Å². The van der Waals surface area contributed by atoms with E-state index in [0.717, 1.165) is 4.90 Å². The van der Waals surface area contributed by atoms with E-state index in [-0.39, 0.29) is 30.0 Å². The van der Waals surface area contributed by atoms with Gasteiger partial charge >= 0.3 is 6.03 Å². The van der Waals surface area contributed by atoms with Gasteiger partial charge in [0.15, 0.2) is 0 Å². The van der Waals surface area contributed by atoms with Gasteiger partial charge in [-0.2, -0.15) is 0 Å². The zero-order chi connectivity index (χ0) is 24.2.